The first kappa shape index (κ1) is 17.4. The predicted molar refractivity (Wildman–Crippen MR) is 82.9 cm³/mol. The normalized spacial score (nSPS) is 13.5. The molecule has 0 heterocycles. The highest BCUT2D eigenvalue weighted by atomic mass is 79.9. The molecule has 0 aliphatic carbocycles. The van der Waals surface area contributed by atoms with Gasteiger partial charge in [-0.1, -0.05) is 39.1 Å². The van der Waals surface area contributed by atoms with E-state index in [0.29, 0.717) is 16.6 Å². The number of hydrogen-bond acceptors (Lipinski definition) is 3. The largest absolute Gasteiger partial charge is 0.260 e. The summed E-state index contributed by atoms with van der Waals surface area (Å²) in [7, 11) is -4.71. The zero-order valence-corrected chi connectivity index (χ0v) is 14.7. The third-order valence-corrected chi connectivity index (χ3v) is 5.84. The zero-order chi connectivity index (χ0) is 14.6. The molecule has 0 radical (unpaired) electrons. The minimum absolute atomic E-state index is 0.0472. The van der Waals surface area contributed by atoms with Crippen LogP contribution in [0.2, 0.25) is 10.0 Å². The van der Waals surface area contributed by atoms with Crippen molar-refractivity contribution < 1.29 is 12.6 Å². The predicted octanol–water partition coefficient (Wildman–Crippen LogP) is 2.80. The van der Waals surface area contributed by atoms with E-state index in [1.54, 1.807) is 6.26 Å². The molecule has 0 aromatic heterocycles. The number of benzene rings is 1. The Labute approximate surface area is 133 Å². The highest BCUT2D eigenvalue weighted by molar-refractivity contribution is 9.10. The monoisotopic (exact) mass is 407 g/mol. The van der Waals surface area contributed by atoms with Crippen LogP contribution >= 0.6 is 39.1 Å². The first-order valence-electron chi connectivity index (χ1n) is 5.18. The van der Waals surface area contributed by atoms with Gasteiger partial charge < -0.3 is 0 Å². The molecule has 0 saturated carbocycles. The van der Waals surface area contributed by atoms with Crippen LogP contribution in [-0.2, 0) is 20.8 Å². The van der Waals surface area contributed by atoms with E-state index in [9.17, 15) is 12.6 Å². The topological polar surface area (TPSA) is 63.2 Å². The Kier molecular flexibility index (Phi) is 6.75. The van der Waals surface area contributed by atoms with E-state index in [4.69, 9.17) is 23.2 Å². The summed E-state index contributed by atoms with van der Waals surface area (Å²) in [4.78, 5) is -0.142. The Morgan fingerprint density at radius 2 is 1.84 bits per heavy atom. The van der Waals surface area contributed by atoms with E-state index in [1.165, 1.54) is 12.1 Å². The van der Waals surface area contributed by atoms with Gasteiger partial charge in [0.25, 0.3) is 0 Å². The van der Waals surface area contributed by atoms with Crippen LogP contribution in [0.25, 0.3) is 0 Å². The van der Waals surface area contributed by atoms with Crippen molar-refractivity contribution in [2.45, 2.75) is 11.3 Å². The molecule has 1 aromatic carbocycles. The lowest BCUT2D eigenvalue weighted by molar-refractivity contribution is 0.581. The smallest absolute Gasteiger partial charge is 0.243 e. The van der Waals surface area contributed by atoms with Gasteiger partial charge in [0.15, 0.2) is 0 Å². The summed E-state index contributed by atoms with van der Waals surface area (Å²) < 4.78 is 38.0. The maximum atomic E-state index is 12.1. The Hall–Kier alpha value is 0.340. The summed E-state index contributed by atoms with van der Waals surface area (Å²) in [6.45, 7) is 0.185. The summed E-state index contributed by atoms with van der Waals surface area (Å²) >= 11 is 15.0. The van der Waals surface area contributed by atoms with Gasteiger partial charge in [-0.05, 0) is 18.6 Å². The van der Waals surface area contributed by atoms with Crippen molar-refractivity contribution >= 4 is 60.0 Å². The van der Waals surface area contributed by atoms with Gasteiger partial charge >= 0.3 is 0 Å². The van der Waals surface area contributed by atoms with Crippen molar-refractivity contribution in [1.82, 2.24) is 4.72 Å². The van der Waals surface area contributed by atoms with E-state index in [2.05, 4.69) is 20.7 Å². The summed E-state index contributed by atoms with van der Waals surface area (Å²) in [5, 5.41) is 0.0943. The van der Waals surface area contributed by atoms with Gasteiger partial charge in [-0.2, -0.15) is 0 Å². The van der Waals surface area contributed by atoms with Crippen LogP contribution in [-0.4, -0.2) is 31.2 Å². The van der Waals surface area contributed by atoms with Crippen LogP contribution in [0.1, 0.15) is 6.42 Å². The van der Waals surface area contributed by atoms with Gasteiger partial charge in [0.05, 0.1) is 10.0 Å². The van der Waals surface area contributed by atoms with Crippen LogP contribution in [0.5, 0.6) is 0 Å². The summed E-state index contributed by atoms with van der Waals surface area (Å²) in [5.74, 6) is 0.435. The van der Waals surface area contributed by atoms with Crippen LogP contribution in [0, 0.1) is 0 Å². The van der Waals surface area contributed by atoms with Crippen molar-refractivity contribution in [2.75, 3.05) is 18.6 Å². The Morgan fingerprint density at radius 3 is 2.32 bits per heavy atom. The summed E-state index contributed by atoms with van der Waals surface area (Å²) in [6.07, 6.45) is 2.05. The van der Waals surface area contributed by atoms with Crippen molar-refractivity contribution in [1.29, 1.82) is 0 Å². The second kappa shape index (κ2) is 7.38. The van der Waals surface area contributed by atoms with E-state index < -0.39 is 20.8 Å². The average molecular weight is 409 g/mol. The molecular weight excluding hydrogens is 397 g/mol. The van der Waals surface area contributed by atoms with E-state index in [0.717, 1.165) is 0 Å². The van der Waals surface area contributed by atoms with Crippen LogP contribution in [0.4, 0.5) is 0 Å². The lowest BCUT2D eigenvalue weighted by atomic mass is 10.4. The molecule has 19 heavy (non-hydrogen) atoms. The third kappa shape index (κ3) is 5.32. The fourth-order valence-corrected chi connectivity index (χ4v) is 4.90. The van der Waals surface area contributed by atoms with E-state index >= 15 is 0 Å². The highest BCUT2D eigenvalue weighted by Gasteiger charge is 2.21. The van der Waals surface area contributed by atoms with Gasteiger partial charge in [0.1, 0.15) is 4.90 Å². The molecule has 1 unspecified atom stereocenters. The van der Waals surface area contributed by atoms with Crippen LogP contribution in [0.3, 0.4) is 0 Å². The molecule has 1 atom stereocenters. The van der Waals surface area contributed by atoms with Gasteiger partial charge in [0.2, 0.25) is 10.0 Å². The molecule has 0 amide bonds. The summed E-state index contributed by atoms with van der Waals surface area (Å²) in [6, 6.07) is 2.92. The van der Waals surface area contributed by atoms with Crippen LogP contribution < -0.4 is 4.72 Å². The van der Waals surface area contributed by atoms with E-state index in [1.807, 2.05) is 0 Å². The molecule has 0 aliphatic heterocycles. The quantitative estimate of drug-likeness (QED) is 0.736. The Balaban J connectivity index is 2.86. The Morgan fingerprint density at radius 1 is 1.32 bits per heavy atom. The zero-order valence-electron chi connectivity index (χ0n) is 9.95. The molecule has 108 valence electrons. The molecule has 1 aromatic rings. The molecule has 0 fully saturated rings. The number of rotatable bonds is 6. The van der Waals surface area contributed by atoms with E-state index in [-0.39, 0.29) is 21.5 Å². The van der Waals surface area contributed by atoms with Gasteiger partial charge in [-0.3, -0.25) is 4.21 Å². The van der Waals surface area contributed by atoms with Gasteiger partial charge in [0, 0.05) is 33.8 Å². The van der Waals surface area contributed by atoms with Gasteiger partial charge in [-0.15, -0.1) is 0 Å². The van der Waals surface area contributed by atoms with Crippen molar-refractivity contribution in [3.05, 3.63) is 26.7 Å². The number of halogens is 3. The molecular formula is C10H12BrCl2NO3S2. The second-order valence-electron chi connectivity index (χ2n) is 3.73. The standard InChI is InChI=1S/C10H12BrCl2NO3S2/c1-18(15)4-2-3-14-19(16,17)10-8(12)5-7(11)6-9(10)13/h5-6,14H,2-4H2,1H3. The Bertz CT molecular complexity index is 569. The molecule has 4 nitrogen and oxygen atoms in total. The number of nitrogens with one attached hydrogen (secondary N) is 1. The first-order valence-corrected chi connectivity index (χ1v) is 9.94. The molecule has 0 bridgehead atoms. The molecule has 0 aliphatic rings. The minimum Gasteiger partial charge on any atom is -0.260 e. The molecule has 9 heteroatoms. The lowest BCUT2D eigenvalue weighted by Crippen LogP contribution is -2.26. The number of sulfonamides is 1. The van der Waals surface area contributed by atoms with Gasteiger partial charge in [-0.25, -0.2) is 13.1 Å². The highest BCUT2D eigenvalue weighted by Crippen LogP contribution is 2.32. The van der Waals surface area contributed by atoms with Crippen LogP contribution in [0.15, 0.2) is 21.5 Å². The second-order valence-corrected chi connectivity index (χ2v) is 8.72. The maximum absolute atomic E-state index is 12.1. The van der Waals surface area contributed by atoms with Crippen molar-refractivity contribution in [2.24, 2.45) is 0 Å². The third-order valence-electron chi connectivity index (χ3n) is 2.13. The minimum atomic E-state index is -3.77. The molecule has 1 rings (SSSR count). The maximum Gasteiger partial charge on any atom is 0.243 e. The first-order chi connectivity index (χ1) is 8.74. The lowest BCUT2D eigenvalue weighted by Gasteiger charge is -2.10. The molecule has 0 spiro atoms. The van der Waals surface area contributed by atoms with Crippen molar-refractivity contribution in [3.8, 4) is 0 Å². The average Bonchev–Trinajstić information content (AvgIpc) is 2.22. The van der Waals surface area contributed by atoms with Crippen molar-refractivity contribution in [3.63, 3.8) is 0 Å². The fraction of sp³-hybridized carbons (Fsp3) is 0.400. The summed E-state index contributed by atoms with van der Waals surface area (Å²) in [5.41, 5.74) is 0. The SMILES string of the molecule is CS(=O)CCCNS(=O)(=O)c1c(Cl)cc(Br)cc1Cl. The fourth-order valence-electron chi connectivity index (χ4n) is 1.34. The molecule has 1 N–H and O–H groups in total. The number of hydrogen-bond donors (Lipinski definition) is 1. The molecule has 0 saturated heterocycles.